The number of ether oxygens (including phenoxy) is 2. The lowest BCUT2D eigenvalue weighted by Gasteiger charge is -2.36. The number of nitrogens with one attached hydrogen (secondary N) is 2. The highest BCUT2D eigenvalue weighted by molar-refractivity contribution is 7.99. The minimum Gasteiger partial charge on any atom is -0.490 e. The summed E-state index contributed by atoms with van der Waals surface area (Å²) in [5.41, 5.74) is 1.15. The van der Waals surface area contributed by atoms with E-state index in [1.165, 1.54) is 49.2 Å². The van der Waals surface area contributed by atoms with E-state index in [-0.39, 0.29) is 33.9 Å². The van der Waals surface area contributed by atoms with E-state index in [2.05, 4.69) is 20.5 Å². The third-order valence-corrected chi connectivity index (χ3v) is 9.15. The zero-order chi connectivity index (χ0) is 30.6. The van der Waals surface area contributed by atoms with Crippen LogP contribution in [0.4, 0.5) is 23.1 Å². The Morgan fingerprint density at radius 3 is 2.67 bits per heavy atom. The summed E-state index contributed by atoms with van der Waals surface area (Å²) in [7, 11) is -2.23. The van der Waals surface area contributed by atoms with Gasteiger partial charge in [0, 0.05) is 35.3 Å². The Balaban J connectivity index is 1.43. The molecular formula is C27H30N7O7S2+. The van der Waals surface area contributed by atoms with E-state index in [0.717, 1.165) is 5.69 Å². The van der Waals surface area contributed by atoms with Crippen molar-refractivity contribution in [3.63, 3.8) is 0 Å². The summed E-state index contributed by atoms with van der Waals surface area (Å²) in [4.78, 5) is 23.0. The predicted octanol–water partition coefficient (Wildman–Crippen LogP) is 3.38. The lowest BCUT2D eigenvalue weighted by molar-refractivity contribution is -0.729. The molecule has 5 rings (SSSR count). The molecule has 0 spiro atoms. The van der Waals surface area contributed by atoms with Crippen LogP contribution in [0.1, 0.15) is 11.3 Å². The molecule has 0 bridgehead atoms. The molecule has 14 nitrogen and oxygen atoms in total. The van der Waals surface area contributed by atoms with E-state index in [1.807, 2.05) is 17.9 Å². The van der Waals surface area contributed by atoms with Crippen LogP contribution in [0.15, 0.2) is 69.5 Å². The first-order valence-electron chi connectivity index (χ1n) is 13.1. The van der Waals surface area contributed by atoms with Gasteiger partial charge in [0.15, 0.2) is 32.4 Å². The first kappa shape index (κ1) is 30.2. The number of benzene rings is 2. The number of aromatic nitrogens is 4. The zero-order valence-electron chi connectivity index (χ0n) is 23.3. The summed E-state index contributed by atoms with van der Waals surface area (Å²) >= 11 is 1.22. The van der Waals surface area contributed by atoms with Crippen molar-refractivity contribution in [1.82, 2.24) is 20.2 Å². The molecule has 1 aliphatic heterocycles. The van der Waals surface area contributed by atoms with Crippen LogP contribution in [-0.2, 0) is 20.3 Å². The number of nitrogens with zero attached hydrogens (tertiary/aromatic N) is 5. The zero-order valence-corrected chi connectivity index (χ0v) is 24.9. The fraction of sp³-hybridized carbons (Fsp3) is 0.296. The number of sulfone groups is 1. The van der Waals surface area contributed by atoms with Gasteiger partial charge in [0.25, 0.3) is 4.92 Å². The second-order valence-electron chi connectivity index (χ2n) is 9.65. The Kier molecular flexibility index (Phi) is 9.10. The maximum absolute atomic E-state index is 13.1. The number of rotatable bonds is 11. The summed E-state index contributed by atoms with van der Waals surface area (Å²) in [5.74, 6) is 1.39. The smallest absolute Gasteiger partial charge is 0.316 e. The molecule has 2 aromatic heterocycles. The summed E-state index contributed by atoms with van der Waals surface area (Å²) in [6.45, 7) is 2.97. The molecule has 0 amide bonds. The van der Waals surface area contributed by atoms with Crippen LogP contribution in [0.25, 0.3) is 0 Å². The number of hydrogen-bond donors (Lipinski definition) is 4. The van der Waals surface area contributed by atoms with E-state index < -0.39 is 9.84 Å². The van der Waals surface area contributed by atoms with Gasteiger partial charge in [-0.2, -0.15) is 5.10 Å². The highest BCUT2D eigenvalue weighted by Gasteiger charge is 2.29. The van der Waals surface area contributed by atoms with Gasteiger partial charge in [0.1, 0.15) is 0 Å². The molecule has 226 valence electrons. The fourth-order valence-electron chi connectivity index (χ4n) is 4.51. The molecule has 0 aliphatic carbocycles. The molecule has 0 radical (unpaired) electrons. The molecule has 0 saturated carbocycles. The Morgan fingerprint density at radius 2 is 2.00 bits per heavy atom. The van der Waals surface area contributed by atoms with E-state index >= 15 is 0 Å². The summed E-state index contributed by atoms with van der Waals surface area (Å²) in [6, 6.07) is 13.5. The molecule has 16 heteroatoms. The number of methoxy groups -OCH3 is 1. The van der Waals surface area contributed by atoms with Crippen LogP contribution >= 0.6 is 11.8 Å². The minimum atomic E-state index is -3.75. The average molecular weight is 629 g/mol. The van der Waals surface area contributed by atoms with Crippen LogP contribution in [0.3, 0.4) is 0 Å². The topological polar surface area (TPSA) is 183 Å². The molecule has 43 heavy (non-hydrogen) atoms. The monoisotopic (exact) mass is 628 g/mol. The van der Waals surface area contributed by atoms with Crippen LogP contribution in [0.5, 0.6) is 5.75 Å². The van der Waals surface area contributed by atoms with Gasteiger partial charge < -0.3 is 24.8 Å². The van der Waals surface area contributed by atoms with Crippen molar-refractivity contribution in [3.05, 3.63) is 70.8 Å². The highest BCUT2D eigenvalue weighted by atomic mass is 32.2. The first-order chi connectivity index (χ1) is 20.7. The van der Waals surface area contributed by atoms with E-state index in [1.54, 1.807) is 18.2 Å². The Labute approximate surface area is 251 Å². The van der Waals surface area contributed by atoms with Gasteiger partial charge in [-0.05, 0) is 48.5 Å². The van der Waals surface area contributed by atoms with Gasteiger partial charge >= 0.3 is 5.69 Å². The number of H-pyrrole nitrogens is 1. The van der Waals surface area contributed by atoms with Gasteiger partial charge in [-0.1, -0.05) is 12.1 Å². The van der Waals surface area contributed by atoms with Crippen molar-refractivity contribution in [3.8, 4) is 5.75 Å². The number of aryl methyl sites for hydroxylation is 1. The van der Waals surface area contributed by atoms with Gasteiger partial charge in [-0.3, -0.25) is 5.10 Å². The van der Waals surface area contributed by atoms with Crippen LogP contribution in [0.2, 0.25) is 0 Å². The third-order valence-electron chi connectivity index (χ3n) is 6.57. The largest absolute Gasteiger partial charge is 0.490 e. The minimum absolute atomic E-state index is 0.0584. The van der Waals surface area contributed by atoms with Crippen molar-refractivity contribution in [2.24, 2.45) is 0 Å². The van der Waals surface area contributed by atoms with E-state index in [9.17, 15) is 18.4 Å². The third kappa shape index (κ3) is 7.05. The fourth-order valence-corrected chi connectivity index (χ4v) is 6.60. The average Bonchev–Trinajstić information content (AvgIpc) is 3.41. The van der Waals surface area contributed by atoms with Gasteiger partial charge in [-0.15, -0.1) is 0 Å². The molecule has 2 aromatic carbocycles. The molecule has 1 atom stereocenters. The Bertz CT molecular complexity index is 1720. The maximum atomic E-state index is 13.1. The number of aliphatic hydroxyl groups is 1. The summed E-state index contributed by atoms with van der Waals surface area (Å²) < 4.78 is 37.4. The molecular weight excluding hydrogens is 598 g/mol. The standard InChI is InChI=1S/C27H30N7O7S2/c1-17-12-23(32-31-17)28-25-24(40-2)26(33-10-11-41-15-20(33)14-35)30-27(29-25)42-21-6-8-22(9-7-21)43(38,39)16-18-4-3-5-19(13-18)34(36)37/h3-9,12-13,20,35H,10-11,14-16H2,1-2H3,(H,36,37)(H2,28,29,30,31,32)/q+1/t20-/m0/s1. The summed E-state index contributed by atoms with van der Waals surface area (Å²) in [5, 5.41) is 29.8. The molecule has 4 N–H and O–H groups in total. The van der Waals surface area contributed by atoms with Crippen molar-refractivity contribution >= 4 is 44.7 Å². The maximum Gasteiger partial charge on any atom is 0.316 e. The SMILES string of the molecule is COc1c(Nc2cc(C)[nH]n2)nc(Sc2ccc(S(=O)(=O)Cc3cccc([N+](=O)O)c3)cc2)nc1N1CCOC[C@@H]1CO. The van der Waals surface area contributed by atoms with Crippen LogP contribution in [0, 0.1) is 11.8 Å². The number of anilines is 3. The molecule has 1 saturated heterocycles. The predicted molar refractivity (Wildman–Crippen MR) is 157 cm³/mol. The number of hydrogen-bond acceptors (Lipinski definition) is 12. The molecule has 0 unspecified atom stereocenters. The van der Waals surface area contributed by atoms with E-state index in [4.69, 9.17) is 19.7 Å². The van der Waals surface area contributed by atoms with Crippen molar-refractivity contribution in [2.45, 2.75) is 33.7 Å². The summed E-state index contributed by atoms with van der Waals surface area (Å²) in [6.07, 6.45) is 0. The quantitative estimate of drug-likeness (QED) is 0.140. The molecule has 1 aliphatic rings. The van der Waals surface area contributed by atoms with Crippen LogP contribution < -0.4 is 15.0 Å². The van der Waals surface area contributed by atoms with Crippen molar-refractivity contribution in [1.29, 1.82) is 0 Å². The second-order valence-corrected chi connectivity index (χ2v) is 12.7. The number of aromatic amines is 1. The molecule has 1 fully saturated rings. The molecule has 4 aromatic rings. The van der Waals surface area contributed by atoms with Gasteiger partial charge in [0.2, 0.25) is 5.75 Å². The first-order valence-corrected chi connectivity index (χ1v) is 15.6. The lowest BCUT2D eigenvalue weighted by Crippen LogP contribution is -2.48. The number of aliphatic hydroxyl groups excluding tert-OH is 1. The normalized spacial score (nSPS) is 15.3. The number of morpholine rings is 1. The van der Waals surface area contributed by atoms with Gasteiger partial charge in [0.05, 0.1) is 48.5 Å². The Morgan fingerprint density at radius 1 is 1.21 bits per heavy atom. The van der Waals surface area contributed by atoms with Crippen molar-refractivity contribution < 1.29 is 33.1 Å². The van der Waals surface area contributed by atoms with Gasteiger partial charge in [-0.25, -0.2) is 23.6 Å². The highest BCUT2D eigenvalue weighted by Crippen LogP contribution is 2.39. The van der Waals surface area contributed by atoms with Crippen LogP contribution in [-0.4, -0.2) is 83.3 Å². The second kappa shape index (κ2) is 12.9. The van der Waals surface area contributed by atoms with Crippen molar-refractivity contribution in [2.75, 3.05) is 43.7 Å². The Hall–Kier alpha value is -4.25. The lowest BCUT2D eigenvalue weighted by atomic mass is 10.2. The molecule has 3 heterocycles. The van der Waals surface area contributed by atoms with E-state index in [0.29, 0.717) is 58.6 Å².